The molecule has 1 fully saturated rings. The van der Waals surface area contributed by atoms with E-state index in [0.29, 0.717) is 6.42 Å². The minimum Gasteiger partial charge on any atom is -0.395 e. The van der Waals surface area contributed by atoms with Gasteiger partial charge in [0.1, 0.15) is 0 Å². The van der Waals surface area contributed by atoms with Crippen LogP contribution in [0.1, 0.15) is 59.8 Å². The average molecular weight is 371 g/mol. The summed E-state index contributed by atoms with van der Waals surface area (Å²) in [4.78, 5) is 0. The molecule has 1 heterocycles. The SMILES string of the molecule is CCc1ccc(Cc2cc(C3CC(O)CC(CO)S3)ccc2CC)cc1. The number of aliphatic hydroxyl groups excluding tert-OH is 2. The first-order valence-electron chi connectivity index (χ1n) is 9.76. The topological polar surface area (TPSA) is 40.5 Å². The van der Waals surface area contributed by atoms with Crippen LogP contribution in [0.3, 0.4) is 0 Å². The third-order valence-corrected chi connectivity index (χ3v) is 6.91. The van der Waals surface area contributed by atoms with Gasteiger partial charge in [-0.15, -0.1) is 11.8 Å². The van der Waals surface area contributed by atoms with Gasteiger partial charge in [0.05, 0.1) is 12.7 Å². The van der Waals surface area contributed by atoms with Gasteiger partial charge in [-0.25, -0.2) is 0 Å². The first-order chi connectivity index (χ1) is 12.6. The van der Waals surface area contributed by atoms with Crippen molar-refractivity contribution >= 4 is 11.8 Å². The number of thioether (sulfide) groups is 1. The molecule has 3 unspecified atom stereocenters. The van der Waals surface area contributed by atoms with Crippen molar-refractivity contribution in [3.8, 4) is 0 Å². The van der Waals surface area contributed by atoms with E-state index in [4.69, 9.17) is 0 Å². The molecule has 0 saturated carbocycles. The molecule has 140 valence electrons. The Balaban J connectivity index is 1.83. The standard InChI is InChI=1S/C23H30O2S/c1-3-16-5-7-17(8-6-16)11-20-12-19(10-9-18(20)4-2)23-14-21(25)13-22(15-24)26-23/h5-10,12,21-25H,3-4,11,13-15H2,1-2H3. The zero-order valence-electron chi connectivity index (χ0n) is 15.8. The minimum absolute atomic E-state index is 0.139. The smallest absolute Gasteiger partial charge is 0.0565 e. The van der Waals surface area contributed by atoms with E-state index in [1.54, 1.807) is 0 Å². The Kier molecular flexibility index (Phi) is 6.80. The molecule has 0 aliphatic carbocycles. The summed E-state index contributed by atoms with van der Waals surface area (Å²) in [7, 11) is 0. The Labute approximate surface area is 161 Å². The highest BCUT2D eigenvalue weighted by atomic mass is 32.2. The summed E-state index contributed by atoms with van der Waals surface area (Å²) in [6.45, 7) is 4.53. The number of rotatable bonds is 6. The molecule has 1 aliphatic rings. The molecule has 26 heavy (non-hydrogen) atoms. The molecule has 0 radical (unpaired) electrons. The molecule has 0 spiro atoms. The molecule has 2 aromatic carbocycles. The second kappa shape index (κ2) is 9.07. The minimum atomic E-state index is -0.311. The van der Waals surface area contributed by atoms with Crippen LogP contribution in [0.15, 0.2) is 42.5 Å². The monoisotopic (exact) mass is 370 g/mol. The lowest BCUT2D eigenvalue weighted by Gasteiger charge is -2.31. The first kappa shape index (κ1) is 19.5. The van der Waals surface area contributed by atoms with E-state index in [9.17, 15) is 10.2 Å². The predicted molar refractivity (Wildman–Crippen MR) is 111 cm³/mol. The highest BCUT2D eigenvalue weighted by molar-refractivity contribution is 8.00. The van der Waals surface area contributed by atoms with Gasteiger partial charge in [0.15, 0.2) is 0 Å². The van der Waals surface area contributed by atoms with Crippen LogP contribution in [0, 0.1) is 0 Å². The lowest BCUT2D eigenvalue weighted by molar-refractivity contribution is 0.137. The normalized spacial score (nSPS) is 23.2. The lowest BCUT2D eigenvalue weighted by Crippen LogP contribution is -2.26. The second-order valence-corrected chi connectivity index (χ2v) is 8.79. The molecule has 1 saturated heterocycles. The summed E-state index contributed by atoms with van der Waals surface area (Å²) < 4.78 is 0. The summed E-state index contributed by atoms with van der Waals surface area (Å²) in [5.74, 6) is 0. The Morgan fingerprint density at radius 1 is 0.923 bits per heavy atom. The lowest BCUT2D eigenvalue weighted by atomic mass is 9.93. The van der Waals surface area contributed by atoms with E-state index in [2.05, 4.69) is 56.3 Å². The Hall–Kier alpha value is -1.29. The van der Waals surface area contributed by atoms with Crippen molar-refractivity contribution in [3.05, 3.63) is 70.3 Å². The Bertz CT molecular complexity index is 711. The fourth-order valence-corrected chi connectivity index (χ4v) is 5.31. The van der Waals surface area contributed by atoms with Gasteiger partial charge in [-0.2, -0.15) is 0 Å². The van der Waals surface area contributed by atoms with Crippen LogP contribution in [0.2, 0.25) is 0 Å². The molecule has 0 amide bonds. The van der Waals surface area contributed by atoms with Gasteiger partial charge in [0.2, 0.25) is 0 Å². The van der Waals surface area contributed by atoms with E-state index in [-0.39, 0.29) is 23.2 Å². The van der Waals surface area contributed by atoms with E-state index in [1.165, 1.54) is 27.8 Å². The second-order valence-electron chi connectivity index (χ2n) is 7.28. The van der Waals surface area contributed by atoms with Crippen LogP contribution in [0.4, 0.5) is 0 Å². The zero-order chi connectivity index (χ0) is 18.5. The fraction of sp³-hybridized carbons (Fsp3) is 0.478. The molecule has 3 heteroatoms. The molecule has 0 bridgehead atoms. The molecule has 0 aromatic heterocycles. The number of aliphatic hydroxyl groups is 2. The van der Waals surface area contributed by atoms with Gasteiger partial charge in [-0.1, -0.05) is 56.3 Å². The number of aryl methyl sites for hydroxylation is 2. The van der Waals surface area contributed by atoms with E-state index in [0.717, 1.165) is 25.7 Å². The maximum absolute atomic E-state index is 10.2. The van der Waals surface area contributed by atoms with Crippen LogP contribution in [-0.4, -0.2) is 28.2 Å². The summed E-state index contributed by atoms with van der Waals surface area (Å²) >= 11 is 1.81. The molecule has 2 aromatic rings. The van der Waals surface area contributed by atoms with Crippen LogP contribution in [-0.2, 0) is 19.3 Å². The number of hydrogen-bond acceptors (Lipinski definition) is 3. The zero-order valence-corrected chi connectivity index (χ0v) is 16.6. The van der Waals surface area contributed by atoms with Crippen molar-refractivity contribution in [3.63, 3.8) is 0 Å². The average Bonchev–Trinajstić information content (AvgIpc) is 2.68. The highest BCUT2D eigenvalue weighted by Gasteiger charge is 2.29. The molecule has 2 nitrogen and oxygen atoms in total. The largest absolute Gasteiger partial charge is 0.395 e. The van der Waals surface area contributed by atoms with Crippen LogP contribution >= 0.6 is 11.8 Å². The van der Waals surface area contributed by atoms with Crippen molar-refractivity contribution in [1.82, 2.24) is 0 Å². The van der Waals surface area contributed by atoms with Gasteiger partial charge in [0.25, 0.3) is 0 Å². The van der Waals surface area contributed by atoms with E-state index in [1.807, 2.05) is 11.8 Å². The quantitative estimate of drug-likeness (QED) is 0.775. The van der Waals surface area contributed by atoms with Crippen LogP contribution < -0.4 is 0 Å². The van der Waals surface area contributed by atoms with Gasteiger partial charge in [0, 0.05) is 10.5 Å². The summed E-state index contributed by atoms with van der Waals surface area (Å²) in [6, 6.07) is 15.7. The van der Waals surface area contributed by atoms with Crippen LogP contribution in [0.25, 0.3) is 0 Å². The van der Waals surface area contributed by atoms with Gasteiger partial charge in [-0.3, -0.25) is 0 Å². The van der Waals surface area contributed by atoms with Crippen molar-refractivity contribution in [2.24, 2.45) is 0 Å². The molecular weight excluding hydrogens is 340 g/mol. The van der Waals surface area contributed by atoms with Gasteiger partial charge >= 0.3 is 0 Å². The van der Waals surface area contributed by atoms with Crippen molar-refractivity contribution < 1.29 is 10.2 Å². The summed E-state index contributed by atoms with van der Waals surface area (Å²) in [6.07, 6.45) is 4.21. The van der Waals surface area contributed by atoms with Gasteiger partial charge < -0.3 is 10.2 Å². The maximum Gasteiger partial charge on any atom is 0.0565 e. The third-order valence-electron chi connectivity index (χ3n) is 5.39. The van der Waals surface area contributed by atoms with Crippen LogP contribution in [0.5, 0.6) is 0 Å². The summed E-state index contributed by atoms with van der Waals surface area (Å²) in [5.41, 5.74) is 6.79. The molecule has 3 atom stereocenters. The number of benzene rings is 2. The fourth-order valence-electron chi connectivity index (χ4n) is 3.79. The Morgan fingerprint density at radius 2 is 1.65 bits per heavy atom. The summed E-state index contributed by atoms with van der Waals surface area (Å²) in [5, 5.41) is 20.1. The van der Waals surface area contributed by atoms with Crippen molar-refractivity contribution in [1.29, 1.82) is 0 Å². The van der Waals surface area contributed by atoms with E-state index < -0.39 is 0 Å². The molecule has 2 N–H and O–H groups in total. The highest BCUT2D eigenvalue weighted by Crippen LogP contribution is 2.43. The number of hydrogen-bond donors (Lipinski definition) is 2. The Morgan fingerprint density at radius 3 is 2.31 bits per heavy atom. The maximum atomic E-state index is 10.2. The molecule has 3 rings (SSSR count). The third kappa shape index (κ3) is 4.70. The van der Waals surface area contributed by atoms with E-state index >= 15 is 0 Å². The van der Waals surface area contributed by atoms with Crippen molar-refractivity contribution in [2.75, 3.05) is 6.61 Å². The first-order valence-corrected chi connectivity index (χ1v) is 10.7. The predicted octanol–water partition coefficient (Wildman–Crippen LogP) is 4.69. The van der Waals surface area contributed by atoms with Gasteiger partial charge in [-0.05, 0) is 59.9 Å². The molecule has 1 aliphatic heterocycles. The van der Waals surface area contributed by atoms with Crippen molar-refractivity contribution in [2.45, 2.75) is 62.6 Å². The molecular formula is C23H30O2S.